The number of hydrogen-bond donors (Lipinski definition) is 6. The van der Waals surface area contributed by atoms with Crippen LogP contribution < -0.4 is 5.32 Å². The Morgan fingerprint density at radius 1 is 0.434 bits per heavy atom. The van der Waals surface area contributed by atoms with Crippen molar-refractivity contribution in [2.45, 2.75) is 391 Å². The first-order valence-corrected chi connectivity index (χ1v) is 35.8. The number of rotatable bonds is 63. The summed E-state index contributed by atoms with van der Waals surface area (Å²) in [4.78, 5) is 25.1. The molecule has 7 atom stereocenters. The van der Waals surface area contributed by atoms with Crippen molar-refractivity contribution in [2.24, 2.45) is 0 Å². The molecule has 7 unspecified atom stereocenters. The molecule has 1 fully saturated rings. The van der Waals surface area contributed by atoms with Gasteiger partial charge in [0.25, 0.3) is 0 Å². The van der Waals surface area contributed by atoms with Gasteiger partial charge in [-0.2, -0.15) is 0 Å². The zero-order valence-electron chi connectivity index (χ0n) is 54.2. The van der Waals surface area contributed by atoms with Crippen molar-refractivity contribution < 1.29 is 49.3 Å². The molecule has 1 aliphatic heterocycles. The van der Waals surface area contributed by atoms with E-state index in [1.807, 2.05) is 6.08 Å². The minimum atomic E-state index is -1.57. The number of aliphatic hydroxyl groups excluding tert-OH is 5. The molecular weight excluding hydrogens is 1040 g/mol. The van der Waals surface area contributed by atoms with Gasteiger partial charge >= 0.3 is 5.97 Å². The third kappa shape index (κ3) is 50.6. The number of hydrogen-bond acceptors (Lipinski definition) is 10. The van der Waals surface area contributed by atoms with Crippen molar-refractivity contribution in [3.05, 3.63) is 36.5 Å². The average molecular weight is 1170 g/mol. The summed E-state index contributed by atoms with van der Waals surface area (Å²) in [6.07, 6.45) is 68.7. The maximum absolute atomic E-state index is 13.0. The Hall–Kier alpha value is -2.12. The lowest BCUT2D eigenvalue weighted by molar-refractivity contribution is -0.302. The van der Waals surface area contributed by atoms with Crippen molar-refractivity contribution >= 4 is 11.9 Å². The minimum Gasteiger partial charge on any atom is -0.466 e. The van der Waals surface area contributed by atoms with E-state index >= 15 is 0 Å². The molecule has 0 radical (unpaired) electrons. The smallest absolute Gasteiger partial charge is 0.305 e. The highest BCUT2D eigenvalue weighted by Gasteiger charge is 2.44. The maximum Gasteiger partial charge on any atom is 0.305 e. The molecule has 11 nitrogen and oxygen atoms in total. The van der Waals surface area contributed by atoms with Crippen molar-refractivity contribution in [3.63, 3.8) is 0 Å². The molecule has 83 heavy (non-hydrogen) atoms. The first-order chi connectivity index (χ1) is 40.7. The molecule has 1 saturated heterocycles. The van der Waals surface area contributed by atoms with E-state index in [9.17, 15) is 35.1 Å². The fraction of sp³-hybridized carbons (Fsp3) is 0.889. The molecule has 1 amide bonds. The second kappa shape index (κ2) is 61.5. The summed E-state index contributed by atoms with van der Waals surface area (Å²) in [7, 11) is 0. The Balaban J connectivity index is 1.91. The molecule has 1 rings (SSSR count). The SMILES string of the molecule is CCCCCCCCC/C=C\CCCCCCCC(=O)OCCCCCCCCCCCCCC/C=C\CCCCCCCCCCCCCCCCC(=O)NC(COC1OC(CO)C(O)C(O)C1O)C(O)/C=C/CCCCCCCCC. The lowest BCUT2D eigenvalue weighted by Gasteiger charge is -2.40. The first-order valence-electron chi connectivity index (χ1n) is 35.8. The van der Waals surface area contributed by atoms with Gasteiger partial charge in [0.1, 0.15) is 24.4 Å². The van der Waals surface area contributed by atoms with E-state index in [1.54, 1.807) is 6.08 Å². The van der Waals surface area contributed by atoms with Gasteiger partial charge in [0.2, 0.25) is 5.91 Å². The van der Waals surface area contributed by atoms with Crippen molar-refractivity contribution in [3.8, 4) is 0 Å². The maximum atomic E-state index is 13.0. The Morgan fingerprint density at radius 3 is 1.16 bits per heavy atom. The first kappa shape index (κ1) is 78.9. The van der Waals surface area contributed by atoms with Crippen LogP contribution in [0.25, 0.3) is 0 Å². The molecule has 0 aromatic carbocycles. The summed E-state index contributed by atoms with van der Waals surface area (Å²) in [5.41, 5.74) is 0. The van der Waals surface area contributed by atoms with Gasteiger partial charge in [-0.05, 0) is 83.5 Å². The molecule has 0 saturated carbocycles. The van der Waals surface area contributed by atoms with E-state index in [-0.39, 0.29) is 18.5 Å². The highest BCUT2D eigenvalue weighted by atomic mass is 16.7. The Kier molecular flexibility index (Phi) is 58.5. The third-order valence-corrected chi connectivity index (χ3v) is 17.0. The lowest BCUT2D eigenvalue weighted by Crippen LogP contribution is -2.60. The van der Waals surface area contributed by atoms with Gasteiger partial charge in [0.05, 0.1) is 32.0 Å². The predicted molar refractivity (Wildman–Crippen MR) is 347 cm³/mol. The van der Waals surface area contributed by atoms with E-state index in [1.165, 1.54) is 263 Å². The standard InChI is InChI=1S/C72H135NO10/c1-3-5-7-9-11-13-14-15-16-34-37-40-44-48-52-56-60-68(77)81-61-57-53-49-45-41-38-35-32-30-28-26-24-22-20-18-17-19-21-23-25-27-29-31-33-36-39-43-47-51-55-59-67(76)73-64(65(75)58-54-50-46-42-12-10-8-6-4-2)63-82-72-71(80)70(79)69(78)66(62-74)83-72/h16,18,20,34,54,58,64-66,69-72,74-75,78-80H,3-15,17,19,21-33,35-53,55-57,59-63H2,1-2H3,(H,73,76)/b20-18-,34-16-,58-54+. The second-order valence-electron chi connectivity index (χ2n) is 24.9. The molecule has 1 heterocycles. The molecule has 0 aromatic heterocycles. The number of ether oxygens (including phenoxy) is 3. The third-order valence-electron chi connectivity index (χ3n) is 17.0. The Labute approximate surface area is 511 Å². The number of nitrogens with one attached hydrogen (secondary N) is 1. The summed E-state index contributed by atoms with van der Waals surface area (Å²) in [6.45, 7) is 4.34. The van der Waals surface area contributed by atoms with Gasteiger partial charge in [-0.1, -0.05) is 288 Å². The molecule has 11 heteroatoms. The van der Waals surface area contributed by atoms with Crippen LogP contribution in [-0.2, 0) is 23.8 Å². The van der Waals surface area contributed by atoms with Crippen LogP contribution in [0.2, 0.25) is 0 Å². The molecule has 1 aliphatic rings. The van der Waals surface area contributed by atoms with Crippen LogP contribution in [0.4, 0.5) is 0 Å². The quantitative estimate of drug-likeness (QED) is 0.0195. The highest BCUT2D eigenvalue weighted by Crippen LogP contribution is 2.23. The number of unbranched alkanes of at least 4 members (excludes halogenated alkanes) is 45. The van der Waals surface area contributed by atoms with E-state index in [4.69, 9.17) is 14.2 Å². The molecule has 0 bridgehead atoms. The largest absolute Gasteiger partial charge is 0.466 e. The Morgan fingerprint density at radius 2 is 0.771 bits per heavy atom. The van der Waals surface area contributed by atoms with Crippen LogP contribution in [0.5, 0.6) is 0 Å². The minimum absolute atomic E-state index is 0.00168. The van der Waals surface area contributed by atoms with Gasteiger partial charge in [-0.3, -0.25) is 9.59 Å². The average Bonchev–Trinajstić information content (AvgIpc) is 3.54. The monoisotopic (exact) mass is 1170 g/mol. The number of esters is 1. The van der Waals surface area contributed by atoms with Gasteiger partial charge in [-0.15, -0.1) is 0 Å². The molecule has 0 spiro atoms. The zero-order valence-corrected chi connectivity index (χ0v) is 54.2. The summed E-state index contributed by atoms with van der Waals surface area (Å²) < 4.78 is 16.7. The van der Waals surface area contributed by atoms with Crippen LogP contribution >= 0.6 is 0 Å². The summed E-state index contributed by atoms with van der Waals surface area (Å²) in [5.74, 6) is -0.180. The van der Waals surface area contributed by atoms with Crippen LogP contribution in [0.1, 0.15) is 348 Å². The highest BCUT2D eigenvalue weighted by molar-refractivity contribution is 5.76. The van der Waals surface area contributed by atoms with Gasteiger partial charge in [0.15, 0.2) is 6.29 Å². The van der Waals surface area contributed by atoms with E-state index in [0.717, 1.165) is 57.8 Å². The number of amides is 1. The normalized spacial score (nSPS) is 18.3. The fourth-order valence-corrected chi connectivity index (χ4v) is 11.3. The van der Waals surface area contributed by atoms with E-state index < -0.39 is 49.5 Å². The summed E-state index contributed by atoms with van der Waals surface area (Å²) in [5, 5.41) is 54.3. The number of allylic oxidation sites excluding steroid dienone is 5. The number of carbonyl (C=O) groups excluding carboxylic acids is 2. The lowest BCUT2D eigenvalue weighted by atomic mass is 9.99. The molecular formula is C72H135NO10. The van der Waals surface area contributed by atoms with E-state index in [2.05, 4.69) is 43.5 Å². The van der Waals surface area contributed by atoms with Crippen LogP contribution in [0.15, 0.2) is 36.5 Å². The van der Waals surface area contributed by atoms with Gasteiger partial charge in [0, 0.05) is 12.8 Å². The number of carbonyl (C=O) groups is 2. The second-order valence-corrected chi connectivity index (χ2v) is 24.9. The fourth-order valence-electron chi connectivity index (χ4n) is 11.3. The molecule has 6 N–H and O–H groups in total. The summed E-state index contributed by atoms with van der Waals surface area (Å²) >= 11 is 0. The topological polar surface area (TPSA) is 175 Å². The molecule has 0 aliphatic carbocycles. The van der Waals surface area contributed by atoms with Crippen molar-refractivity contribution in [1.29, 1.82) is 0 Å². The van der Waals surface area contributed by atoms with E-state index in [0.29, 0.717) is 19.4 Å². The van der Waals surface area contributed by atoms with Crippen LogP contribution in [0, 0.1) is 0 Å². The molecule has 488 valence electrons. The molecule has 0 aromatic rings. The summed E-state index contributed by atoms with van der Waals surface area (Å²) in [6, 6.07) is -0.807. The Bertz CT molecular complexity index is 1470. The van der Waals surface area contributed by atoms with Crippen molar-refractivity contribution in [2.75, 3.05) is 19.8 Å². The van der Waals surface area contributed by atoms with Crippen LogP contribution in [0.3, 0.4) is 0 Å². The number of aliphatic hydroxyl groups is 5. The predicted octanol–water partition coefficient (Wildman–Crippen LogP) is 18.2. The van der Waals surface area contributed by atoms with Crippen LogP contribution in [-0.4, -0.2) is 100 Å². The van der Waals surface area contributed by atoms with Gasteiger partial charge in [-0.25, -0.2) is 0 Å². The van der Waals surface area contributed by atoms with Gasteiger partial charge < -0.3 is 45.1 Å². The van der Waals surface area contributed by atoms with Crippen molar-refractivity contribution in [1.82, 2.24) is 5.32 Å². The zero-order chi connectivity index (χ0) is 60.2.